The minimum atomic E-state index is -0.186. The van der Waals surface area contributed by atoms with Gasteiger partial charge in [-0.15, -0.1) is 0 Å². The highest BCUT2D eigenvalue weighted by atomic mass is 79.9. The summed E-state index contributed by atoms with van der Waals surface area (Å²) < 4.78 is 19.5. The Balaban J connectivity index is 2.62. The van der Waals surface area contributed by atoms with Gasteiger partial charge in [0.05, 0.1) is 6.10 Å². The number of ether oxygens (including phenoxy) is 1. The van der Waals surface area contributed by atoms with Gasteiger partial charge < -0.3 is 10.1 Å². The van der Waals surface area contributed by atoms with E-state index in [0.29, 0.717) is 6.04 Å². The van der Waals surface area contributed by atoms with Crippen molar-refractivity contribution in [1.29, 1.82) is 0 Å². The van der Waals surface area contributed by atoms with Gasteiger partial charge in [-0.25, -0.2) is 4.39 Å². The molecule has 0 aliphatic rings. The lowest BCUT2D eigenvalue weighted by atomic mass is 10.00. The minimum Gasteiger partial charge on any atom is -0.382 e. The Morgan fingerprint density at radius 2 is 2.05 bits per heavy atom. The highest BCUT2D eigenvalue weighted by molar-refractivity contribution is 9.10. The van der Waals surface area contributed by atoms with Crippen molar-refractivity contribution in [2.75, 3.05) is 13.7 Å². The Morgan fingerprint density at radius 1 is 1.30 bits per heavy atom. The molecule has 1 aromatic rings. The molecule has 0 fully saturated rings. The first-order valence-corrected chi connectivity index (χ1v) is 8.05. The zero-order chi connectivity index (χ0) is 15.0. The standard InChI is InChI=1S/C16H25BrFNO/c1-4-7-19-16(6-5-12(2)20-3)10-13-8-14(17)11-15(18)9-13/h8-9,11-12,16,19H,4-7,10H2,1-3H3. The monoisotopic (exact) mass is 345 g/mol. The average Bonchev–Trinajstić information content (AvgIpc) is 2.40. The smallest absolute Gasteiger partial charge is 0.124 e. The summed E-state index contributed by atoms with van der Waals surface area (Å²) in [5, 5.41) is 3.54. The van der Waals surface area contributed by atoms with Gasteiger partial charge in [-0.05, 0) is 62.9 Å². The van der Waals surface area contributed by atoms with Crippen LogP contribution in [0.15, 0.2) is 22.7 Å². The SMILES string of the molecule is CCCNC(CCC(C)OC)Cc1cc(F)cc(Br)c1. The van der Waals surface area contributed by atoms with Crippen LogP contribution in [0.3, 0.4) is 0 Å². The van der Waals surface area contributed by atoms with E-state index < -0.39 is 0 Å². The molecular weight excluding hydrogens is 321 g/mol. The number of hydrogen-bond acceptors (Lipinski definition) is 2. The zero-order valence-electron chi connectivity index (χ0n) is 12.6. The second-order valence-electron chi connectivity index (χ2n) is 5.26. The van der Waals surface area contributed by atoms with Crippen LogP contribution in [-0.4, -0.2) is 25.8 Å². The summed E-state index contributed by atoms with van der Waals surface area (Å²) in [5.74, 6) is -0.186. The Hall–Kier alpha value is -0.450. The summed E-state index contributed by atoms with van der Waals surface area (Å²) in [6.45, 7) is 5.22. The Bertz CT molecular complexity index is 380. The molecule has 0 heterocycles. The van der Waals surface area contributed by atoms with E-state index in [1.807, 2.05) is 6.07 Å². The van der Waals surface area contributed by atoms with Gasteiger partial charge in [0.25, 0.3) is 0 Å². The predicted octanol–water partition coefficient (Wildman–Crippen LogP) is 4.31. The van der Waals surface area contributed by atoms with Crippen LogP contribution in [0, 0.1) is 5.82 Å². The number of benzene rings is 1. The first-order valence-electron chi connectivity index (χ1n) is 7.26. The second-order valence-corrected chi connectivity index (χ2v) is 6.17. The van der Waals surface area contributed by atoms with Crippen molar-refractivity contribution in [3.8, 4) is 0 Å². The lowest BCUT2D eigenvalue weighted by Crippen LogP contribution is -2.32. The molecule has 0 bridgehead atoms. The number of rotatable bonds is 9. The van der Waals surface area contributed by atoms with Gasteiger partial charge >= 0.3 is 0 Å². The molecule has 0 saturated heterocycles. The third-order valence-electron chi connectivity index (χ3n) is 3.41. The van der Waals surface area contributed by atoms with Crippen LogP contribution >= 0.6 is 15.9 Å². The lowest BCUT2D eigenvalue weighted by molar-refractivity contribution is 0.106. The van der Waals surface area contributed by atoms with Crippen molar-refractivity contribution in [1.82, 2.24) is 5.32 Å². The molecule has 0 aliphatic carbocycles. The van der Waals surface area contributed by atoms with E-state index in [-0.39, 0.29) is 11.9 Å². The van der Waals surface area contributed by atoms with E-state index in [0.717, 1.165) is 42.3 Å². The van der Waals surface area contributed by atoms with Crippen molar-refractivity contribution in [3.05, 3.63) is 34.1 Å². The molecule has 2 nitrogen and oxygen atoms in total. The molecule has 2 atom stereocenters. The predicted molar refractivity (Wildman–Crippen MR) is 85.6 cm³/mol. The van der Waals surface area contributed by atoms with E-state index >= 15 is 0 Å². The van der Waals surface area contributed by atoms with Gasteiger partial charge in [0.2, 0.25) is 0 Å². The van der Waals surface area contributed by atoms with Crippen LogP contribution in [0.1, 0.15) is 38.7 Å². The Kier molecular flexibility index (Phi) is 8.34. The van der Waals surface area contributed by atoms with Crippen LogP contribution < -0.4 is 5.32 Å². The van der Waals surface area contributed by atoms with Crippen molar-refractivity contribution >= 4 is 15.9 Å². The third-order valence-corrected chi connectivity index (χ3v) is 3.87. The summed E-state index contributed by atoms with van der Waals surface area (Å²) in [6.07, 6.45) is 4.24. The maximum atomic E-state index is 13.4. The number of methoxy groups -OCH3 is 1. The Labute approximate surface area is 130 Å². The molecule has 0 radical (unpaired) electrons. The molecule has 0 spiro atoms. The fourth-order valence-corrected chi connectivity index (χ4v) is 2.70. The van der Waals surface area contributed by atoms with E-state index in [9.17, 15) is 4.39 Å². The lowest BCUT2D eigenvalue weighted by Gasteiger charge is -2.20. The molecular formula is C16H25BrFNO. The number of halogens is 2. The first kappa shape index (κ1) is 17.6. The molecule has 0 saturated carbocycles. The number of nitrogens with one attached hydrogen (secondary N) is 1. The van der Waals surface area contributed by atoms with Gasteiger partial charge in [0.1, 0.15) is 5.82 Å². The van der Waals surface area contributed by atoms with Crippen LogP contribution in [0.5, 0.6) is 0 Å². The molecule has 0 aliphatic heterocycles. The quantitative estimate of drug-likeness (QED) is 0.719. The Morgan fingerprint density at radius 3 is 2.65 bits per heavy atom. The molecule has 1 rings (SSSR count). The van der Waals surface area contributed by atoms with Crippen molar-refractivity contribution in [2.45, 2.75) is 51.7 Å². The highest BCUT2D eigenvalue weighted by Crippen LogP contribution is 2.17. The molecule has 20 heavy (non-hydrogen) atoms. The maximum absolute atomic E-state index is 13.4. The summed E-state index contributed by atoms with van der Waals surface area (Å²) >= 11 is 3.35. The molecule has 2 unspecified atom stereocenters. The number of hydrogen-bond donors (Lipinski definition) is 1. The zero-order valence-corrected chi connectivity index (χ0v) is 14.2. The van der Waals surface area contributed by atoms with Gasteiger partial charge in [0.15, 0.2) is 0 Å². The van der Waals surface area contributed by atoms with E-state index in [1.54, 1.807) is 13.2 Å². The van der Waals surface area contributed by atoms with Gasteiger partial charge in [0, 0.05) is 17.6 Å². The summed E-state index contributed by atoms with van der Waals surface area (Å²) in [4.78, 5) is 0. The van der Waals surface area contributed by atoms with E-state index in [2.05, 4.69) is 35.1 Å². The molecule has 0 amide bonds. The van der Waals surface area contributed by atoms with E-state index in [1.165, 1.54) is 6.07 Å². The fourth-order valence-electron chi connectivity index (χ4n) is 2.19. The molecule has 0 aromatic heterocycles. The van der Waals surface area contributed by atoms with Gasteiger partial charge in [-0.3, -0.25) is 0 Å². The summed E-state index contributed by atoms with van der Waals surface area (Å²) in [5.41, 5.74) is 1.02. The van der Waals surface area contributed by atoms with Crippen molar-refractivity contribution in [3.63, 3.8) is 0 Å². The topological polar surface area (TPSA) is 21.3 Å². The minimum absolute atomic E-state index is 0.186. The van der Waals surface area contributed by atoms with Gasteiger partial charge in [-0.1, -0.05) is 22.9 Å². The largest absolute Gasteiger partial charge is 0.382 e. The average molecular weight is 346 g/mol. The van der Waals surface area contributed by atoms with Gasteiger partial charge in [-0.2, -0.15) is 0 Å². The highest BCUT2D eigenvalue weighted by Gasteiger charge is 2.12. The second kappa shape index (κ2) is 9.48. The first-order chi connectivity index (χ1) is 9.55. The van der Waals surface area contributed by atoms with Crippen molar-refractivity contribution in [2.24, 2.45) is 0 Å². The molecule has 1 N–H and O–H groups in total. The fraction of sp³-hybridized carbons (Fsp3) is 0.625. The summed E-state index contributed by atoms with van der Waals surface area (Å²) in [6, 6.07) is 5.46. The molecule has 114 valence electrons. The maximum Gasteiger partial charge on any atom is 0.124 e. The van der Waals surface area contributed by atoms with Crippen LogP contribution in [0.4, 0.5) is 4.39 Å². The van der Waals surface area contributed by atoms with Crippen molar-refractivity contribution < 1.29 is 9.13 Å². The van der Waals surface area contributed by atoms with Crippen LogP contribution in [0.25, 0.3) is 0 Å². The van der Waals surface area contributed by atoms with Crippen LogP contribution in [-0.2, 0) is 11.2 Å². The molecule has 1 aromatic carbocycles. The normalized spacial score (nSPS) is 14.2. The summed E-state index contributed by atoms with van der Waals surface area (Å²) in [7, 11) is 1.74. The van der Waals surface area contributed by atoms with Crippen LogP contribution in [0.2, 0.25) is 0 Å². The third kappa shape index (κ3) is 6.82. The van der Waals surface area contributed by atoms with E-state index in [4.69, 9.17) is 4.74 Å². The molecule has 4 heteroatoms.